The molecule has 24 heavy (non-hydrogen) atoms. The summed E-state index contributed by atoms with van der Waals surface area (Å²) in [5.74, 6) is -0.612. The fourth-order valence-electron chi connectivity index (χ4n) is 2.02. The van der Waals surface area contributed by atoms with E-state index in [9.17, 15) is 9.59 Å². The summed E-state index contributed by atoms with van der Waals surface area (Å²) in [7, 11) is 1.60. The zero-order valence-electron chi connectivity index (χ0n) is 12.7. The van der Waals surface area contributed by atoms with Crippen LogP contribution in [0.1, 0.15) is 16.2 Å². The standard InChI is InChI=1S/C16H13N3O4S/c1-22-11-3-2-4-12(6-11)24-14-8-23-7-10(14)5-13(20)15(21)16-17-9-18-19-16/h2-4,6-9H,5H2,1H3,(H,17,18,19). The lowest BCUT2D eigenvalue weighted by atomic mass is 10.1. The lowest BCUT2D eigenvalue weighted by Crippen LogP contribution is -2.18. The van der Waals surface area contributed by atoms with E-state index in [-0.39, 0.29) is 12.2 Å². The summed E-state index contributed by atoms with van der Waals surface area (Å²) >= 11 is 1.43. The van der Waals surface area contributed by atoms with Crippen molar-refractivity contribution < 1.29 is 18.7 Å². The second-order valence-corrected chi connectivity index (χ2v) is 5.92. The molecular weight excluding hydrogens is 330 g/mol. The molecule has 0 fully saturated rings. The number of nitrogens with zero attached hydrogens (tertiary/aromatic N) is 2. The maximum atomic E-state index is 12.1. The van der Waals surface area contributed by atoms with Crippen LogP contribution in [0, 0.1) is 0 Å². The molecule has 0 bridgehead atoms. The average Bonchev–Trinajstić information content (AvgIpc) is 3.27. The molecule has 0 atom stereocenters. The number of ketones is 2. The van der Waals surface area contributed by atoms with Gasteiger partial charge in [0.1, 0.15) is 18.3 Å². The zero-order valence-corrected chi connectivity index (χ0v) is 13.5. The number of aromatic nitrogens is 3. The van der Waals surface area contributed by atoms with Gasteiger partial charge in [-0.3, -0.25) is 14.7 Å². The van der Waals surface area contributed by atoms with Gasteiger partial charge in [-0.2, -0.15) is 5.10 Å². The number of methoxy groups -OCH3 is 1. The minimum atomic E-state index is -0.703. The second kappa shape index (κ2) is 7.14. The Balaban J connectivity index is 1.73. The molecule has 8 heteroatoms. The Labute approximate surface area is 141 Å². The van der Waals surface area contributed by atoms with Crippen molar-refractivity contribution >= 4 is 23.3 Å². The van der Waals surface area contributed by atoms with Gasteiger partial charge in [-0.1, -0.05) is 17.8 Å². The van der Waals surface area contributed by atoms with Crippen LogP contribution in [0.5, 0.6) is 5.75 Å². The van der Waals surface area contributed by atoms with Crippen molar-refractivity contribution in [1.82, 2.24) is 15.2 Å². The highest BCUT2D eigenvalue weighted by molar-refractivity contribution is 7.99. The third kappa shape index (κ3) is 3.54. The van der Waals surface area contributed by atoms with Crippen LogP contribution in [0.2, 0.25) is 0 Å². The Morgan fingerprint density at radius 2 is 2.21 bits per heavy atom. The van der Waals surface area contributed by atoms with E-state index in [0.717, 1.165) is 15.5 Å². The minimum absolute atomic E-state index is 0.0644. The number of benzene rings is 1. The first-order valence-electron chi connectivity index (χ1n) is 6.97. The van der Waals surface area contributed by atoms with E-state index in [4.69, 9.17) is 9.15 Å². The van der Waals surface area contributed by atoms with Crippen LogP contribution in [-0.4, -0.2) is 33.9 Å². The van der Waals surface area contributed by atoms with Crippen LogP contribution in [-0.2, 0) is 11.2 Å². The van der Waals surface area contributed by atoms with Crippen molar-refractivity contribution in [1.29, 1.82) is 0 Å². The number of furan rings is 1. The summed E-state index contributed by atoms with van der Waals surface area (Å²) in [6.07, 6.45) is 4.13. The van der Waals surface area contributed by atoms with Crippen molar-refractivity contribution in [2.45, 2.75) is 16.2 Å². The molecule has 3 aromatic rings. The van der Waals surface area contributed by atoms with Crippen LogP contribution in [0.25, 0.3) is 0 Å². The molecule has 0 aliphatic heterocycles. The fraction of sp³-hybridized carbons (Fsp3) is 0.125. The van der Waals surface area contributed by atoms with Crippen molar-refractivity contribution in [3.05, 3.63) is 54.5 Å². The molecule has 0 saturated heterocycles. The lowest BCUT2D eigenvalue weighted by Gasteiger charge is -2.04. The molecule has 0 saturated carbocycles. The number of nitrogens with one attached hydrogen (secondary N) is 1. The van der Waals surface area contributed by atoms with Gasteiger partial charge in [-0.25, -0.2) is 4.98 Å². The Morgan fingerprint density at radius 3 is 2.96 bits per heavy atom. The fourth-order valence-corrected chi connectivity index (χ4v) is 2.95. The molecule has 0 radical (unpaired) electrons. The molecule has 0 unspecified atom stereocenters. The maximum absolute atomic E-state index is 12.1. The Morgan fingerprint density at radius 1 is 1.33 bits per heavy atom. The van der Waals surface area contributed by atoms with Gasteiger partial charge in [0, 0.05) is 16.9 Å². The summed E-state index contributed by atoms with van der Waals surface area (Å²) in [6.45, 7) is 0. The number of ether oxygens (including phenoxy) is 1. The Bertz CT molecular complexity index is 858. The van der Waals surface area contributed by atoms with E-state index < -0.39 is 11.6 Å². The lowest BCUT2D eigenvalue weighted by molar-refractivity contribution is -0.114. The summed E-state index contributed by atoms with van der Waals surface area (Å²) in [5, 5.41) is 5.96. The highest BCUT2D eigenvalue weighted by atomic mass is 32.2. The molecule has 2 heterocycles. The average molecular weight is 343 g/mol. The molecule has 0 spiro atoms. The van der Waals surface area contributed by atoms with Gasteiger partial charge in [0.15, 0.2) is 5.82 Å². The van der Waals surface area contributed by atoms with Gasteiger partial charge in [-0.15, -0.1) is 0 Å². The molecule has 0 amide bonds. The molecule has 0 aliphatic rings. The normalized spacial score (nSPS) is 10.5. The van der Waals surface area contributed by atoms with Crippen molar-refractivity contribution in [3.8, 4) is 5.75 Å². The van der Waals surface area contributed by atoms with Gasteiger partial charge >= 0.3 is 0 Å². The van der Waals surface area contributed by atoms with E-state index in [0.29, 0.717) is 5.56 Å². The highest BCUT2D eigenvalue weighted by Crippen LogP contribution is 2.33. The molecule has 2 aromatic heterocycles. The maximum Gasteiger partial charge on any atom is 0.265 e. The molecule has 1 N–H and O–H groups in total. The number of hydrogen-bond acceptors (Lipinski definition) is 7. The van der Waals surface area contributed by atoms with E-state index in [1.165, 1.54) is 24.4 Å². The highest BCUT2D eigenvalue weighted by Gasteiger charge is 2.21. The largest absolute Gasteiger partial charge is 0.497 e. The smallest absolute Gasteiger partial charge is 0.265 e. The van der Waals surface area contributed by atoms with Crippen LogP contribution in [0.3, 0.4) is 0 Å². The molecular formula is C16H13N3O4S. The van der Waals surface area contributed by atoms with E-state index in [2.05, 4.69) is 15.2 Å². The van der Waals surface area contributed by atoms with Crippen molar-refractivity contribution in [2.24, 2.45) is 0 Å². The van der Waals surface area contributed by atoms with E-state index in [1.54, 1.807) is 13.4 Å². The van der Waals surface area contributed by atoms with Crippen molar-refractivity contribution in [3.63, 3.8) is 0 Å². The number of H-pyrrole nitrogens is 1. The van der Waals surface area contributed by atoms with Crippen LogP contribution in [0.4, 0.5) is 0 Å². The van der Waals surface area contributed by atoms with Gasteiger partial charge < -0.3 is 9.15 Å². The molecule has 0 aliphatic carbocycles. The van der Waals surface area contributed by atoms with Crippen LogP contribution >= 0.6 is 11.8 Å². The first kappa shape index (κ1) is 16.0. The number of carbonyl (C=O) groups is 2. The minimum Gasteiger partial charge on any atom is -0.497 e. The van der Waals surface area contributed by atoms with E-state index >= 15 is 0 Å². The Kier molecular flexibility index (Phi) is 4.76. The summed E-state index contributed by atoms with van der Waals surface area (Å²) in [5.41, 5.74) is 0.640. The number of hydrogen-bond donors (Lipinski definition) is 1. The number of carbonyl (C=O) groups excluding carboxylic acids is 2. The predicted octanol–water partition coefficient (Wildman–Crippen LogP) is 2.55. The predicted molar refractivity (Wildman–Crippen MR) is 85.2 cm³/mol. The molecule has 7 nitrogen and oxygen atoms in total. The summed E-state index contributed by atoms with van der Waals surface area (Å²) in [4.78, 5) is 29.5. The SMILES string of the molecule is COc1cccc(Sc2cocc2CC(=O)C(=O)c2ncn[nH]2)c1. The van der Waals surface area contributed by atoms with Gasteiger partial charge in [0.25, 0.3) is 5.78 Å². The summed E-state index contributed by atoms with van der Waals surface area (Å²) < 4.78 is 10.4. The van der Waals surface area contributed by atoms with Crippen LogP contribution in [0.15, 0.2) is 57.3 Å². The number of aromatic amines is 1. The molecule has 122 valence electrons. The third-order valence-electron chi connectivity index (χ3n) is 3.21. The zero-order chi connectivity index (χ0) is 16.9. The molecule has 1 aromatic carbocycles. The second-order valence-electron chi connectivity index (χ2n) is 4.81. The van der Waals surface area contributed by atoms with E-state index in [1.807, 2.05) is 24.3 Å². The number of Topliss-reactive ketones (excluding diaryl/α,β-unsaturated/α-hetero) is 2. The number of rotatable bonds is 7. The van der Waals surface area contributed by atoms with Crippen molar-refractivity contribution in [2.75, 3.05) is 7.11 Å². The van der Waals surface area contributed by atoms with Gasteiger partial charge in [-0.05, 0) is 18.2 Å². The topological polar surface area (TPSA) is 98.1 Å². The van der Waals surface area contributed by atoms with Crippen LogP contribution < -0.4 is 4.74 Å². The first-order valence-corrected chi connectivity index (χ1v) is 7.79. The van der Waals surface area contributed by atoms with Gasteiger partial charge in [0.05, 0.1) is 18.3 Å². The molecule has 3 rings (SSSR count). The monoisotopic (exact) mass is 343 g/mol. The third-order valence-corrected chi connectivity index (χ3v) is 4.27. The Hall–Kier alpha value is -2.87. The van der Waals surface area contributed by atoms with Gasteiger partial charge in [0.2, 0.25) is 5.78 Å². The quantitative estimate of drug-likeness (QED) is 0.520. The summed E-state index contributed by atoms with van der Waals surface area (Å²) in [6, 6.07) is 7.52. The first-order chi connectivity index (χ1) is 11.7.